The molecule has 6 aromatic rings. The van der Waals surface area contributed by atoms with Crippen LogP contribution in [-0.4, -0.2) is 38.7 Å². The van der Waals surface area contributed by atoms with E-state index in [2.05, 4.69) is 53.4 Å². The number of unbranched alkanes of at least 4 members (excludes halogenated alkanes) is 2. The van der Waals surface area contributed by atoms with Crippen molar-refractivity contribution in [2.45, 2.75) is 91.8 Å². The van der Waals surface area contributed by atoms with Crippen LogP contribution < -0.4 is 24.3 Å². The van der Waals surface area contributed by atoms with Crippen LogP contribution >= 0.6 is 23.2 Å². The van der Waals surface area contributed by atoms with E-state index in [9.17, 15) is 20.1 Å². The summed E-state index contributed by atoms with van der Waals surface area (Å²) in [5, 5.41) is 40.9. The van der Waals surface area contributed by atoms with Crippen molar-refractivity contribution in [2.24, 2.45) is 0 Å². The average molecular weight is 957 g/mol. The molecule has 68 heavy (non-hydrogen) atoms. The third kappa shape index (κ3) is 14.4. The number of nitriles is 2. The highest BCUT2D eigenvalue weighted by molar-refractivity contribution is 6.32. The number of pyridine rings is 2. The van der Waals surface area contributed by atoms with Gasteiger partial charge in [-0.25, -0.2) is 0 Å². The van der Waals surface area contributed by atoms with Crippen molar-refractivity contribution in [1.82, 2.24) is 15.3 Å². The first kappa shape index (κ1) is 50.3. The number of nitrogens with one attached hydrogen (secondary N) is 1. The van der Waals surface area contributed by atoms with Gasteiger partial charge >= 0.3 is 11.9 Å². The third-order valence-electron chi connectivity index (χ3n) is 11.2. The first-order valence-electron chi connectivity index (χ1n) is 22.1. The van der Waals surface area contributed by atoms with Crippen molar-refractivity contribution >= 4 is 35.1 Å². The minimum absolute atomic E-state index is 0.0540. The zero-order valence-electron chi connectivity index (χ0n) is 37.8. The molecule has 0 atom stereocenters. The van der Waals surface area contributed by atoms with Crippen LogP contribution in [0.3, 0.4) is 0 Å². The number of halogens is 2. The summed E-state index contributed by atoms with van der Waals surface area (Å²) in [6.45, 7) is 5.72. The molecule has 13 nitrogen and oxygen atoms in total. The summed E-state index contributed by atoms with van der Waals surface area (Å²) in [5.74, 6) is 0.282. The lowest BCUT2D eigenvalue weighted by molar-refractivity contribution is -0.138. The van der Waals surface area contributed by atoms with E-state index in [1.54, 1.807) is 42.7 Å². The van der Waals surface area contributed by atoms with Crippen molar-refractivity contribution < 1.29 is 38.7 Å². The van der Waals surface area contributed by atoms with Crippen LogP contribution in [0.4, 0.5) is 0 Å². The molecule has 2 aromatic heterocycles. The van der Waals surface area contributed by atoms with Gasteiger partial charge < -0.3 is 34.5 Å². The van der Waals surface area contributed by atoms with Crippen LogP contribution in [0.2, 0.25) is 10.0 Å². The average Bonchev–Trinajstić information content (AvgIpc) is 3.33. The molecule has 3 N–H and O–H groups in total. The summed E-state index contributed by atoms with van der Waals surface area (Å²) in [6.07, 6.45) is 9.58. The maximum atomic E-state index is 11.0. The van der Waals surface area contributed by atoms with E-state index in [4.69, 9.17) is 52.4 Å². The Labute approximate surface area is 405 Å². The Kier molecular flexibility index (Phi) is 18.6. The highest BCUT2D eigenvalue weighted by atomic mass is 35.5. The lowest BCUT2D eigenvalue weighted by Gasteiger charge is -2.19. The number of rotatable bonds is 25. The van der Waals surface area contributed by atoms with Gasteiger partial charge in [0.2, 0.25) is 0 Å². The first-order valence-corrected chi connectivity index (χ1v) is 22.8. The number of carboxylic acids is 2. The number of aliphatic carboxylic acids is 2. The highest BCUT2D eigenvalue weighted by Gasteiger charge is 2.17. The van der Waals surface area contributed by atoms with Gasteiger partial charge in [0.1, 0.15) is 61.6 Å². The van der Waals surface area contributed by atoms with E-state index < -0.39 is 11.9 Å². The number of hydrogen-bond donors (Lipinski definition) is 3. The molecule has 2 heterocycles. The normalized spacial score (nSPS) is 10.8. The molecule has 0 aliphatic heterocycles. The fraction of sp³-hybridized carbons (Fsp3) is 0.283. The van der Waals surface area contributed by atoms with Crippen molar-refractivity contribution in [3.63, 3.8) is 0 Å². The van der Waals surface area contributed by atoms with E-state index in [1.807, 2.05) is 30.3 Å². The number of ether oxygens (including phenoxy) is 4. The summed E-state index contributed by atoms with van der Waals surface area (Å²) in [6, 6.07) is 26.9. The minimum atomic E-state index is -0.855. The third-order valence-corrected chi connectivity index (χ3v) is 11.8. The van der Waals surface area contributed by atoms with Gasteiger partial charge in [-0.05, 0) is 109 Å². The van der Waals surface area contributed by atoms with Crippen LogP contribution in [0.25, 0.3) is 11.1 Å². The molecule has 0 aliphatic carbocycles. The monoisotopic (exact) mass is 955 g/mol. The second-order valence-corrected chi connectivity index (χ2v) is 16.9. The Hall–Kier alpha value is -7.16. The lowest BCUT2D eigenvalue weighted by atomic mass is 9.92. The summed E-state index contributed by atoms with van der Waals surface area (Å²) < 4.78 is 25.3. The molecule has 0 fully saturated rings. The quantitative estimate of drug-likeness (QED) is 0.0459. The Balaban J connectivity index is 1.17. The number of benzene rings is 4. The van der Waals surface area contributed by atoms with Crippen LogP contribution in [-0.2, 0) is 49.0 Å². The SMILES string of the molecule is Cc1c(COc2cc(OCc3cncc(C#N)c3)c(CCCCCC(=O)O)cc2Cl)cccc1-c1cccc(COc2cc(OCc3cncc(C#N)c3)c(CNCCCC(=O)O)cc2Cl)c1C. The number of nitrogens with zero attached hydrogens (tertiary/aromatic N) is 4. The Morgan fingerprint density at radius 2 is 1.07 bits per heavy atom. The second kappa shape index (κ2) is 25.1. The molecule has 0 saturated heterocycles. The Bertz CT molecular complexity index is 2630. The molecule has 0 aliphatic rings. The Morgan fingerprint density at radius 1 is 0.588 bits per heavy atom. The van der Waals surface area contributed by atoms with Gasteiger partial charge in [0, 0.05) is 73.0 Å². The molecule has 0 spiro atoms. The number of aryl methyl sites for hydroxylation is 1. The van der Waals surface area contributed by atoms with Gasteiger partial charge in [0.15, 0.2) is 0 Å². The zero-order chi connectivity index (χ0) is 48.4. The molecular formula is C53H51Cl2N5O8. The molecule has 0 saturated carbocycles. The fourth-order valence-electron chi connectivity index (χ4n) is 7.48. The van der Waals surface area contributed by atoms with Gasteiger partial charge in [0.25, 0.3) is 0 Å². The van der Waals surface area contributed by atoms with Gasteiger partial charge in [-0.3, -0.25) is 19.6 Å². The van der Waals surface area contributed by atoms with Crippen molar-refractivity contribution in [2.75, 3.05) is 6.54 Å². The maximum absolute atomic E-state index is 11.0. The van der Waals surface area contributed by atoms with Gasteiger partial charge in [-0.15, -0.1) is 0 Å². The number of carbonyl (C=O) groups is 2. The summed E-state index contributed by atoms with van der Waals surface area (Å²) in [4.78, 5) is 30.3. The summed E-state index contributed by atoms with van der Waals surface area (Å²) in [7, 11) is 0. The summed E-state index contributed by atoms with van der Waals surface area (Å²) >= 11 is 13.7. The van der Waals surface area contributed by atoms with Crippen LogP contribution in [0.5, 0.6) is 23.0 Å². The van der Waals surface area contributed by atoms with Gasteiger partial charge in [-0.2, -0.15) is 10.5 Å². The molecule has 15 heteroatoms. The van der Waals surface area contributed by atoms with Crippen molar-refractivity contribution in [1.29, 1.82) is 10.5 Å². The van der Waals surface area contributed by atoms with E-state index in [-0.39, 0.29) is 39.3 Å². The molecular weight excluding hydrogens is 906 g/mol. The highest BCUT2D eigenvalue weighted by Crippen LogP contribution is 2.38. The second-order valence-electron chi connectivity index (χ2n) is 16.1. The topological polar surface area (TPSA) is 197 Å². The largest absolute Gasteiger partial charge is 0.488 e. The first-order chi connectivity index (χ1) is 32.9. The fourth-order valence-corrected chi connectivity index (χ4v) is 7.96. The van der Waals surface area contributed by atoms with E-state index >= 15 is 0 Å². The smallest absolute Gasteiger partial charge is 0.303 e. The molecule has 0 bridgehead atoms. The van der Waals surface area contributed by atoms with Gasteiger partial charge in [0.05, 0.1) is 21.2 Å². The molecule has 4 aromatic carbocycles. The van der Waals surface area contributed by atoms with Crippen molar-refractivity contribution in [3.05, 3.63) is 163 Å². The number of aromatic nitrogens is 2. The van der Waals surface area contributed by atoms with E-state index in [0.717, 1.165) is 62.9 Å². The van der Waals surface area contributed by atoms with Crippen molar-refractivity contribution in [3.8, 4) is 46.3 Å². The molecule has 0 amide bonds. The molecule has 0 radical (unpaired) electrons. The van der Waals surface area contributed by atoms with E-state index in [1.165, 1.54) is 12.4 Å². The van der Waals surface area contributed by atoms with Crippen LogP contribution in [0, 0.1) is 36.5 Å². The minimum Gasteiger partial charge on any atom is -0.488 e. The molecule has 350 valence electrons. The van der Waals surface area contributed by atoms with Crippen LogP contribution in [0.15, 0.2) is 97.6 Å². The van der Waals surface area contributed by atoms with E-state index in [0.29, 0.717) is 82.1 Å². The lowest BCUT2D eigenvalue weighted by Crippen LogP contribution is -2.16. The maximum Gasteiger partial charge on any atom is 0.303 e. The molecule has 6 rings (SSSR count). The Morgan fingerprint density at radius 3 is 1.59 bits per heavy atom. The predicted octanol–water partition coefficient (Wildman–Crippen LogP) is 11.3. The standard InChI is InChI=1S/C53H51Cl2N5O8/c1-34-41(32-67-50-21-48(65-30-38-17-36(23-56)25-59-27-38)40(19-46(50)54)9-4-3-5-14-52(61)62)10-6-12-44(34)45-13-7-11-42(35(45)2)33-68-51-22-49(66-31-39-18-37(24-57)26-60-28-39)43(20-47(51)55)29-58-16-8-15-53(63)64/h6-7,10-13,17-22,25-28,58H,3-5,8-9,14-16,29-33H2,1-2H3,(H,61,62)(H,63,64). The van der Waals surface area contributed by atoms with Crippen LogP contribution in [0.1, 0.15) is 94.2 Å². The zero-order valence-corrected chi connectivity index (χ0v) is 39.3. The number of hydrogen-bond acceptors (Lipinski definition) is 11. The van der Waals surface area contributed by atoms with Gasteiger partial charge in [-0.1, -0.05) is 66.0 Å². The number of carboxylic acid groups (broad SMARTS) is 2. The predicted molar refractivity (Wildman–Crippen MR) is 258 cm³/mol. The summed E-state index contributed by atoms with van der Waals surface area (Å²) in [5.41, 5.74) is 9.91. The molecule has 0 unspecified atom stereocenters.